The molecule has 12 heteroatoms. The second kappa shape index (κ2) is 5.06. The van der Waals surface area contributed by atoms with Gasteiger partial charge in [-0.3, -0.25) is 0 Å². The summed E-state index contributed by atoms with van der Waals surface area (Å²) in [5.74, 6) is -21.5. The monoisotopic (exact) mass is 416 g/mol. The predicted molar refractivity (Wildman–Crippen MR) is 53.9 cm³/mol. The molecule has 0 saturated heterocycles. The summed E-state index contributed by atoms with van der Waals surface area (Å²) in [5, 5.41) is 0. The quantitative estimate of drug-likeness (QED) is 0.440. The minimum Gasteiger partial charge on any atom is -0.200 e. The van der Waals surface area contributed by atoms with E-state index >= 15 is 0 Å². The third kappa shape index (κ3) is 2.78. The van der Waals surface area contributed by atoms with Gasteiger partial charge in [-0.2, -0.15) is 30.7 Å². The predicted octanol–water partition coefficient (Wildman–Crippen LogP) is 5.12. The minimum absolute atomic E-state index is 0.397. The van der Waals surface area contributed by atoms with E-state index in [4.69, 9.17) is 0 Å². The highest BCUT2D eigenvalue weighted by molar-refractivity contribution is 9.49. The Balaban J connectivity index is 5.64. The van der Waals surface area contributed by atoms with Crippen LogP contribution in [0.25, 0.3) is 0 Å². The molecule has 18 heavy (non-hydrogen) atoms. The third-order valence-corrected chi connectivity index (χ3v) is 3.70. The fourth-order valence-electron chi connectivity index (χ4n) is 0.831. The molecule has 0 heterocycles. The average Bonchev–Trinajstić information content (AvgIpc) is 2.13. The van der Waals surface area contributed by atoms with Crippen LogP contribution in [0.15, 0.2) is 0 Å². The molecule has 0 fully saturated rings. The van der Waals surface area contributed by atoms with Gasteiger partial charge in [0.2, 0.25) is 0 Å². The van der Waals surface area contributed by atoms with E-state index in [9.17, 15) is 39.5 Å². The molecule has 0 aliphatic carbocycles. The molecule has 0 aromatic rings. The highest BCUT2D eigenvalue weighted by atomic mass is 79.9. The van der Waals surface area contributed by atoms with Gasteiger partial charge in [-0.05, 0) is 0 Å². The van der Waals surface area contributed by atoms with E-state index in [2.05, 4.69) is 31.5 Å². The molecule has 0 saturated carbocycles. The molecule has 0 N–H and O–H groups in total. The first kappa shape index (κ1) is 18.4. The summed E-state index contributed by atoms with van der Waals surface area (Å²) >= 11 is 4.72. The van der Waals surface area contributed by atoms with Crippen molar-refractivity contribution in [2.45, 2.75) is 36.7 Å². The van der Waals surface area contributed by atoms with Crippen LogP contribution < -0.4 is 0 Å². The number of hydrogen-bond donors (Lipinski definition) is 0. The molecular weight excluding hydrogens is 414 g/mol. The van der Waals surface area contributed by atoms with Crippen molar-refractivity contribution in [3.8, 4) is 0 Å². The Morgan fingerprint density at radius 3 is 1.33 bits per heavy atom. The van der Waals surface area contributed by atoms with Gasteiger partial charge in [0.25, 0.3) is 0 Å². The fourth-order valence-corrected chi connectivity index (χ4v) is 1.50. The molecule has 0 bridgehead atoms. The number of rotatable bonds is 4. The number of halogens is 11. The van der Waals surface area contributed by atoms with E-state index in [0.717, 1.165) is 0 Å². The molecule has 0 radical (unpaired) electrons. The maximum Gasteiger partial charge on any atom is 0.460 e. The summed E-state index contributed by atoms with van der Waals surface area (Å²) in [6.07, 6.45) is -6.78. The lowest BCUT2D eigenvalue weighted by molar-refractivity contribution is -0.396. The van der Waals surface area contributed by atoms with Crippen molar-refractivity contribution in [3.63, 3.8) is 0 Å². The van der Waals surface area contributed by atoms with Crippen LogP contribution >= 0.6 is 31.5 Å². The first-order chi connectivity index (χ1) is 7.60. The second-order valence-corrected chi connectivity index (χ2v) is 6.59. The molecule has 0 aromatic heterocycles. The van der Waals surface area contributed by atoms with Crippen LogP contribution in [-0.2, 0) is 0 Å². The summed E-state index contributed by atoms with van der Waals surface area (Å²) in [7, 11) is 0. The lowest BCUT2D eigenvalue weighted by atomic mass is 9.78. The minimum atomic E-state index is -6.84. The summed E-state index contributed by atoms with van der Waals surface area (Å²) in [5.41, 5.74) is 0. The van der Waals surface area contributed by atoms with Crippen LogP contribution in [0.4, 0.5) is 39.5 Å². The summed E-state index contributed by atoms with van der Waals surface area (Å²) < 4.78 is 110. The summed E-state index contributed by atoms with van der Waals surface area (Å²) in [4.78, 5) is 0. The summed E-state index contributed by atoms with van der Waals surface area (Å²) in [6.45, 7) is 0.397. The van der Waals surface area contributed by atoms with Crippen LogP contribution in [0.2, 0.25) is 5.82 Å². The van der Waals surface area contributed by atoms with Gasteiger partial charge in [0.05, 0.1) is 0 Å². The highest BCUT2D eigenvalue weighted by Crippen LogP contribution is 2.57. The molecule has 0 rings (SSSR count). The molecule has 0 aliphatic heterocycles. The van der Waals surface area contributed by atoms with Gasteiger partial charge in [-0.15, -0.1) is 31.5 Å². The Morgan fingerprint density at radius 2 is 1.11 bits per heavy atom. The maximum atomic E-state index is 13.1. The SMILES string of the molecule is CC(B(Br)Br)C(F)(F)C(F)(F)C(F)(F)C(F)(F)F. The Bertz CT molecular complexity index is 300. The van der Waals surface area contributed by atoms with Crippen LogP contribution in [0.1, 0.15) is 6.92 Å². The lowest BCUT2D eigenvalue weighted by Gasteiger charge is -2.36. The zero-order valence-electron chi connectivity index (χ0n) is 8.31. The zero-order chi connectivity index (χ0) is 15.2. The highest BCUT2D eigenvalue weighted by Gasteiger charge is 2.82. The zero-order valence-corrected chi connectivity index (χ0v) is 11.5. The van der Waals surface area contributed by atoms with Gasteiger partial charge in [0.1, 0.15) is 0 Å². The Kier molecular flexibility index (Phi) is 5.17. The van der Waals surface area contributed by atoms with Crippen molar-refractivity contribution in [2.75, 3.05) is 0 Å². The van der Waals surface area contributed by atoms with E-state index in [1.807, 2.05) is 0 Å². The number of alkyl halides is 9. The van der Waals surface area contributed by atoms with Crippen LogP contribution in [0, 0.1) is 0 Å². The van der Waals surface area contributed by atoms with Crippen molar-refractivity contribution < 1.29 is 39.5 Å². The van der Waals surface area contributed by atoms with Gasteiger partial charge >= 0.3 is 28.3 Å². The third-order valence-electron chi connectivity index (χ3n) is 2.12. The van der Waals surface area contributed by atoms with E-state index < -0.39 is 34.1 Å². The second-order valence-electron chi connectivity index (χ2n) is 3.39. The molecule has 0 nitrogen and oxygen atoms in total. The van der Waals surface area contributed by atoms with Gasteiger partial charge in [0.15, 0.2) is 0 Å². The van der Waals surface area contributed by atoms with Gasteiger partial charge in [-0.1, -0.05) is 6.92 Å². The molecular formula is C6H4BBr2F9. The maximum absolute atomic E-state index is 13.1. The molecule has 0 aromatic carbocycles. The van der Waals surface area contributed by atoms with E-state index in [1.165, 1.54) is 0 Å². The van der Waals surface area contributed by atoms with E-state index in [-0.39, 0.29) is 0 Å². The normalized spacial score (nSPS) is 16.7. The molecule has 0 aliphatic rings. The van der Waals surface area contributed by atoms with E-state index in [0.29, 0.717) is 6.92 Å². The van der Waals surface area contributed by atoms with Gasteiger partial charge in [-0.25, -0.2) is 8.78 Å². The smallest absolute Gasteiger partial charge is 0.200 e. The Hall–Kier alpha value is 0.395. The molecule has 1 unspecified atom stereocenters. The van der Waals surface area contributed by atoms with Crippen molar-refractivity contribution in [1.82, 2.24) is 0 Å². The van der Waals surface area contributed by atoms with Crippen molar-refractivity contribution >= 4 is 35.9 Å². The Labute approximate surface area is 112 Å². The van der Waals surface area contributed by atoms with Crippen LogP contribution in [0.3, 0.4) is 0 Å². The first-order valence-corrected chi connectivity index (χ1v) is 5.92. The van der Waals surface area contributed by atoms with Gasteiger partial charge < -0.3 is 0 Å². The molecule has 108 valence electrons. The molecule has 0 spiro atoms. The summed E-state index contributed by atoms with van der Waals surface area (Å²) in [6, 6.07) is 0. The lowest BCUT2D eigenvalue weighted by Crippen LogP contribution is -2.62. The van der Waals surface area contributed by atoms with Crippen LogP contribution in [-0.4, -0.2) is 28.3 Å². The number of hydrogen-bond acceptors (Lipinski definition) is 0. The molecule has 0 amide bonds. The molecule has 1 atom stereocenters. The van der Waals surface area contributed by atoms with Crippen molar-refractivity contribution in [1.29, 1.82) is 0 Å². The first-order valence-electron chi connectivity index (χ1n) is 4.09. The Morgan fingerprint density at radius 1 is 0.778 bits per heavy atom. The largest absolute Gasteiger partial charge is 0.460 e. The fraction of sp³-hybridized carbons (Fsp3) is 1.00. The van der Waals surface area contributed by atoms with Crippen molar-refractivity contribution in [2.24, 2.45) is 0 Å². The van der Waals surface area contributed by atoms with Crippen LogP contribution in [0.5, 0.6) is 0 Å². The standard InChI is InChI=1S/C6H4BBr2F9/c1-2(7(8)9)3(10,11)4(12,13)5(14,15)6(16,17)18/h2H,1H3. The van der Waals surface area contributed by atoms with Crippen molar-refractivity contribution in [3.05, 3.63) is 0 Å². The van der Waals surface area contributed by atoms with E-state index in [1.54, 1.807) is 0 Å². The average molecular weight is 418 g/mol. The van der Waals surface area contributed by atoms with Gasteiger partial charge in [0, 0.05) is 5.82 Å². The topological polar surface area (TPSA) is 0 Å².